The van der Waals surface area contributed by atoms with Gasteiger partial charge in [0.2, 0.25) is 0 Å². The number of aromatic nitrogens is 2. The second-order valence-electron chi connectivity index (χ2n) is 5.36. The molecular weight excluding hydrogens is 378 g/mol. The van der Waals surface area contributed by atoms with Gasteiger partial charge in [0.05, 0.1) is 0 Å². The van der Waals surface area contributed by atoms with Crippen molar-refractivity contribution in [3.05, 3.63) is 81.7 Å². The van der Waals surface area contributed by atoms with Gasteiger partial charge in [0.1, 0.15) is 11.6 Å². The molecule has 2 N–H and O–H groups in total. The van der Waals surface area contributed by atoms with Crippen LogP contribution in [-0.4, -0.2) is 16.1 Å². The zero-order valence-electron chi connectivity index (χ0n) is 13.3. The van der Waals surface area contributed by atoms with E-state index in [1.807, 2.05) is 0 Å². The van der Waals surface area contributed by atoms with E-state index in [1.165, 1.54) is 12.1 Å². The van der Waals surface area contributed by atoms with Gasteiger partial charge in [0.25, 0.3) is 5.91 Å². The molecule has 0 saturated heterocycles. The van der Waals surface area contributed by atoms with Crippen LogP contribution >= 0.6 is 23.2 Å². The zero-order valence-corrected chi connectivity index (χ0v) is 14.9. The summed E-state index contributed by atoms with van der Waals surface area (Å²) in [5, 5.41) is 14.2. The molecular formula is C18H13Cl2FN4O. The summed E-state index contributed by atoms with van der Waals surface area (Å²) in [4.78, 5) is 12.2. The van der Waals surface area contributed by atoms with E-state index in [2.05, 4.69) is 20.8 Å². The van der Waals surface area contributed by atoms with Gasteiger partial charge >= 0.3 is 0 Å². The molecule has 0 saturated carbocycles. The first kappa shape index (κ1) is 18.1. The van der Waals surface area contributed by atoms with Crippen LogP contribution in [0, 0.1) is 5.82 Å². The average Bonchev–Trinajstić information content (AvgIpc) is 2.60. The molecule has 0 fully saturated rings. The standard InChI is InChI=1S/C18H13Cl2FN4O/c19-12-7-13(20)9-14(8-12)23-18(26)16-5-6-17(25-24-16)22-10-11-3-1-2-4-15(11)21/h1-9H,10H2,(H,22,25)(H,23,26). The Kier molecular flexibility index (Phi) is 5.65. The number of halogens is 3. The molecule has 132 valence electrons. The maximum Gasteiger partial charge on any atom is 0.276 e. The fourth-order valence-corrected chi connectivity index (χ4v) is 2.72. The summed E-state index contributed by atoms with van der Waals surface area (Å²) in [5.74, 6) is -0.323. The summed E-state index contributed by atoms with van der Waals surface area (Å²) in [5.41, 5.74) is 1.09. The van der Waals surface area contributed by atoms with Gasteiger partial charge in [0, 0.05) is 27.8 Å². The van der Waals surface area contributed by atoms with Gasteiger partial charge in [0.15, 0.2) is 5.69 Å². The molecule has 1 heterocycles. The fourth-order valence-electron chi connectivity index (χ4n) is 2.20. The average molecular weight is 391 g/mol. The monoisotopic (exact) mass is 390 g/mol. The Hall–Kier alpha value is -2.70. The van der Waals surface area contributed by atoms with Gasteiger partial charge in [-0.25, -0.2) is 4.39 Å². The zero-order chi connectivity index (χ0) is 18.5. The van der Waals surface area contributed by atoms with Gasteiger partial charge < -0.3 is 10.6 Å². The van der Waals surface area contributed by atoms with Gasteiger partial charge in [-0.2, -0.15) is 0 Å². The third-order valence-corrected chi connectivity index (χ3v) is 3.87. The largest absolute Gasteiger partial charge is 0.364 e. The maximum atomic E-state index is 13.6. The summed E-state index contributed by atoms with van der Waals surface area (Å²) in [6, 6.07) is 14.2. The van der Waals surface area contributed by atoms with Crippen LogP contribution in [0.3, 0.4) is 0 Å². The predicted octanol–water partition coefficient (Wildman–Crippen LogP) is 4.79. The first-order chi connectivity index (χ1) is 12.5. The van der Waals surface area contributed by atoms with E-state index in [9.17, 15) is 9.18 Å². The van der Waals surface area contributed by atoms with E-state index in [-0.39, 0.29) is 18.1 Å². The highest BCUT2D eigenvalue weighted by Gasteiger charge is 2.10. The Morgan fingerprint density at radius 1 is 1.00 bits per heavy atom. The molecule has 3 aromatic rings. The van der Waals surface area contributed by atoms with Gasteiger partial charge in [-0.15, -0.1) is 10.2 Å². The summed E-state index contributed by atoms with van der Waals surface area (Å²) in [6.45, 7) is 0.258. The Bertz CT molecular complexity index is 914. The SMILES string of the molecule is O=C(Nc1cc(Cl)cc(Cl)c1)c1ccc(NCc2ccccc2F)nn1. The third-order valence-electron chi connectivity index (χ3n) is 3.44. The number of carbonyl (C=O) groups is 1. The first-order valence-electron chi connectivity index (χ1n) is 7.60. The Labute approximate surface area is 159 Å². The molecule has 0 bridgehead atoms. The smallest absolute Gasteiger partial charge is 0.276 e. The number of amides is 1. The summed E-state index contributed by atoms with van der Waals surface area (Å²) in [7, 11) is 0. The molecule has 26 heavy (non-hydrogen) atoms. The number of hydrogen-bond acceptors (Lipinski definition) is 4. The minimum absolute atomic E-state index is 0.123. The molecule has 0 radical (unpaired) electrons. The van der Waals surface area contributed by atoms with E-state index in [1.54, 1.807) is 42.5 Å². The lowest BCUT2D eigenvalue weighted by Crippen LogP contribution is -2.15. The van der Waals surface area contributed by atoms with Crippen LogP contribution in [0.5, 0.6) is 0 Å². The number of benzene rings is 2. The number of hydrogen-bond donors (Lipinski definition) is 2. The Morgan fingerprint density at radius 3 is 2.38 bits per heavy atom. The molecule has 0 spiro atoms. The van der Waals surface area contributed by atoms with Crippen molar-refractivity contribution in [1.82, 2.24) is 10.2 Å². The van der Waals surface area contributed by atoms with Crippen molar-refractivity contribution in [2.24, 2.45) is 0 Å². The topological polar surface area (TPSA) is 66.9 Å². The van der Waals surface area contributed by atoms with Crippen molar-refractivity contribution < 1.29 is 9.18 Å². The van der Waals surface area contributed by atoms with Crippen molar-refractivity contribution in [1.29, 1.82) is 0 Å². The summed E-state index contributed by atoms with van der Waals surface area (Å²) in [6.07, 6.45) is 0. The number of rotatable bonds is 5. The first-order valence-corrected chi connectivity index (χ1v) is 8.35. The normalized spacial score (nSPS) is 10.4. The van der Waals surface area contributed by atoms with Crippen molar-refractivity contribution >= 4 is 40.6 Å². The van der Waals surface area contributed by atoms with Gasteiger partial charge in [-0.05, 0) is 36.4 Å². The molecule has 1 aromatic heterocycles. The van der Waals surface area contributed by atoms with Crippen LogP contribution in [0.1, 0.15) is 16.1 Å². The minimum atomic E-state index is -0.448. The highest BCUT2D eigenvalue weighted by atomic mass is 35.5. The van der Waals surface area contributed by atoms with Crippen LogP contribution < -0.4 is 10.6 Å². The van der Waals surface area contributed by atoms with Crippen LogP contribution in [0.15, 0.2) is 54.6 Å². The van der Waals surface area contributed by atoms with Gasteiger partial charge in [-0.1, -0.05) is 41.4 Å². The molecule has 0 atom stereocenters. The molecule has 3 rings (SSSR count). The fraction of sp³-hybridized carbons (Fsp3) is 0.0556. The van der Waals surface area contributed by atoms with Crippen molar-refractivity contribution in [2.75, 3.05) is 10.6 Å². The summed E-state index contributed by atoms with van der Waals surface area (Å²) < 4.78 is 13.6. The van der Waals surface area contributed by atoms with Crippen LogP contribution in [0.4, 0.5) is 15.9 Å². The summed E-state index contributed by atoms with van der Waals surface area (Å²) >= 11 is 11.8. The number of nitrogens with one attached hydrogen (secondary N) is 2. The van der Waals surface area contributed by atoms with Crippen LogP contribution in [0.25, 0.3) is 0 Å². The minimum Gasteiger partial charge on any atom is -0.364 e. The van der Waals surface area contributed by atoms with E-state index in [0.29, 0.717) is 27.1 Å². The molecule has 0 aliphatic carbocycles. The molecule has 0 aliphatic rings. The van der Waals surface area contributed by atoms with Crippen molar-refractivity contribution in [2.45, 2.75) is 6.54 Å². The second-order valence-corrected chi connectivity index (χ2v) is 6.23. The highest BCUT2D eigenvalue weighted by Crippen LogP contribution is 2.22. The third kappa shape index (κ3) is 4.68. The van der Waals surface area contributed by atoms with E-state index in [0.717, 1.165) is 0 Å². The molecule has 1 amide bonds. The molecule has 8 heteroatoms. The Balaban J connectivity index is 1.63. The molecule has 0 unspecified atom stereocenters. The van der Waals surface area contributed by atoms with Crippen molar-refractivity contribution in [3.63, 3.8) is 0 Å². The van der Waals surface area contributed by atoms with Crippen molar-refractivity contribution in [3.8, 4) is 0 Å². The lowest BCUT2D eigenvalue weighted by molar-refractivity contribution is 0.102. The number of carbonyl (C=O) groups excluding carboxylic acids is 1. The molecule has 2 aromatic carbocycles. The lowest BCUT2D eigenvalue weighted by Gasteiger charge is -2.08. The van der Waals surface area contributed by atoms with E-state index < -0.39 is 5.91 Å². The van der Waals surface area contributed by atoms with E-state index >= 15 is 0 Å². The molecule has 0 aliphatic heterocycles. The Morgan fingerprint density at radius 2 is 1.73 bits per heavy atom. The predicted molar refractivity (Wildman–Crippen MR) is 100 cm³/mol. The number of anilines is 2. The van der Waals surface area contributed by atoms with E-state index in [4.69, 9.17) is 23.2 Å². The lowest BCUT2D eigenvalue weighted by atomic mass is 10.2. The quantitative estimate of drug-likeness (QED) is 0.657. The van der Waals surface area contributed by atoms with Crippen LogP contribution in [-0.2, 0) is 6.54 Å². The second kappa shape index (κ2) is 8.12. The van der Waals surface area contributed by atoms with Crippen LogP contribution in [0.2, 0.25) is 10.0 Å². The molecule has 5 nitrogen and oxygen atoms in total. The van der Waals surface area contributed by atoms with Gasteiger partial charge in [-0.3, -0.25) is 4.79 Å². The maximum absolute atomic E-state index is 13.6. The highest BCUT2D eigenvalue weighted by molar-refractivity contribution is 6.35. The number of nitrogens with zero attached hydrogens (tertiary/aromatic N) is 2.